The van der Waals surface area contributed by atoms with Gasteiger partial charge in [0, 0.05) is 23.8 Å². The average molecular weight is 397 g/mol. The molecule has 1 fully saturated rings. The minimum absolute atomic E-state index is 0.233. The SMILES string of the molecule is O=C(Nc1ccc(Br)cc1Cl)c1cccnc1N1CCOCC1. The highest BCUT2D eigenvalue weighted by molar-refractivity contribution is 9.10. The lowest BCUT2D eigenvalue weighted by molar-refractivity contribution is 0.102. The number of carbonyl (C=O) groups is 1. The number of amides is 1. The van der Waals surface area contributed by atoms with Gasteiger partial charge in [-0.2, -0.15) is 0 Å². The summed E-state index contributed by atoms with van der Waals surface area (Å²) in [4.78, 5) is 19.1. The first-order valence-electron chi connectivity index (χ1n) is 7.19. The zero-order valence-corrected chi connectivity index (χ0v) is 14.6. The van der Waals surface area contributed by atoms with Gasteiger partial charge in [-0.1, -0.05) is 27.5 Å². The number of carbonyl (C=O) groups excluding carboxylic acids is 1. The van der Waals surface area contributed by atoms with E-state index in [1.54, 1.807) is 30.5 Å². The molecule has 0 spiro atoms. The van der Waals surface area contributed by atoms with Crippen molar-refractivity contribution in [1.82, 2.24) is 4.98 Å². The Labute approximate surface area is 147 Å². The summed E-state index contributed by atoms with van der Waals surface area (Å²) in [5, 5.41) is 3.32. The van der Waals surface area contributed by atoms with Crippen molar-refractivity contribution in [2.24, 2.45) is 0 Å². The molecule has 23 heavy (non-hydrogen) atoms. The largest absolute Gasteiger partial charge is 0.378 e. The van der Waals surface area contributed by atoms with Crippen molar-refractivity contribution in [3.8, 4) is 0 Å². The lowest BCUT2D eigenvalue weighted by Gasteiger charge is -2.29. The predicted molar refractivity (Wildman–Crippen MR) is 94.4 cm³/mol. The highest BCUT2D eigenvalue weighted by Gasteiger charge is 2.20. The molecule has 7 heteroatoms. The summed E-state index contributed by atoms with van der Waals surface area (Å²) in [6, 6.07) is 8.84. The number of benzene rings is 1. The van der Waals surface area contributed by atoms with Crippen molar-refractivity contribution in [2.45, 2.75) is 0 Å². The van der Waals surface area contributed by atoms with Crippen molar-refractivity contribution < 1.29 is 9.53 Å². The molecule has 1 aromatic heterocycles. The van der Waals surface area contributed by atoms with E-state index < -0.39 is 0 Å². The minimum atomic E-state index is -0.233. The number of aromatic nitrogens is 1. The summed E-state index contributed by atoms with van der Waals surface area (Å²) in [7, 11) is 0. The van der Waals surface area contributed by atoms with Gasteiger partial charge < -0.3 is 15.0 Å². The van der Waals surface area contributed by atoms with Gasteiger partial charge in [-0.05, 0) is 30.3 Å². The van der Waals surface area contributed by atoms with E-state index in [2.05, 4.69) is 31.1 Å². The second-order valence-electron chi connectivity index (χ2n) is 5.05. The predicted octanol–water partition coefficient (Wildman–Crippen LogP) is 3.59. The van der Waals surface area contributed by atoms with Crippen LogP contribution in [0.3, 0.4) is 0 Å². The van der Waals surface area contributed by atoms with Crippen LogP contribution in [-0.2, 0) is 4.74 Å². The van der Waals surface area contributed by atoms with Crippen molar-refractivity contribution in [3.05, 3.63) is 51.6 Å². The molecule has 1 aliphatic rings. The standard InChI is InChI=1S/C16H15BrClN3O2/c17-11-3-4-14(13(18)10-11)20-16(22)12-2-1-5-19-15(12)21-6-8-23-9-7-21/h1-5,10H,6-9H2,(H,20,22). The first-order chi connectivity index (χ1) is 11.1. The number of nitrogens with zero attached hydrogens (tertiary/aromatic N) is 2. The van der Waals surface area contributed by atoms with E-state index in [9.17, 15) is 4.79 Å². The van der Waals surface area contributed by atoms with E-state index in [1.165, 1.54) is 0 Å². The van der Waals surface area contributed by atoms with E-state index in [0.29, 0.717) is 35.3 Å². The maximum absolute atomic E-state index is 12.6. The number of rotatable bonds is 3. The number of pyridine rings is 1. The van der Waals surface area contributed by atoms with Crippen LogP contribution in [0.15, 0.2) is 41.0 Å². The Morgan fingerprint density at radius 2 is 2.09 bits per heavy atom. The molecule has 0 unspecified atom stereocenters. The molecule has 1 aliphatic heterocycles. The normalized spacial score (nSPS) is 14.6. The number of halogens is 2. The van der Waals surface area contributed by atoms with Crippen LogP contribution in [0.5, 0.6) is 0 Å². The van der Waals surface area contributed by atoms with Gasteiger partial charge in [-0.3, -0.25) is 4.79 Å². The molecule has 0 aliphatic carbocycles. The monoisotopic (exact) mass is 395 g/mol. The summed E-state index contributed by atoms with van der Waals surface area (Å²) < 4.78 is 6.21. The topological polar surface area (TPSA) is 54.5 Å². The molecule has 0 bridgehead atoms. The molecular formula is C16H15BrClN3O2. The molecular weight excluding hydrogens is 382 g/mol. The van der Waals surface area contributed by atoms with Crippen LogP contribution >= 0.6 is 27.5 Å². The van der Waals surface area contributed by atoms with Gasteiger partial charge in [0.25, 0.3) is 5.91 Å². The van der Waals surface area contributed by atoms with E-state index in [-0.39, 0.29) is 5.91 Å². The van der Waals surface area contributed by atoms with Crippen LogP contribution in [-0.4, -0.2) is 37.2 Å². The van der Waals surface area contributed by atoms with Gasteiger partial charge in [-0.15, -0.1) is 0 Å². The third-order valence-corrected chi connectivity index (χ3v) is 4.33. The average Bonchev–Trinajstić information content (AvgIpc) is 2.58. The lowest BCUT2D eigenvalue weighted by atomic mass is 10.2. The van der Waals surface area contributed by atoms with Gasteiger partial charge >= 0.3 is 0 Å². The van der Waals surface area contributed by atoms with Crippen LogP contribution in [0.4, 0.5) is 11.5 Å². The molecule has 5 nitrogen and oxygen atoms in total. The van der Waals surface area contributed by atoms with Crippen LogP contribution in [0, 0.1) is 0 Å². The molecule has 3 rings (SSSR count). The molecule has 0 radical (unpaired) electrons. The number of ether oxygens (including phenoxy) is 1. The number of hydrogen-bond acceptors (Lipinski definition) is 4. The van der Waals surface area contributed by atoms with E-state index in [1.807, 2.05) is 6.07 Å². The Balaban J connectivity index is 1.84. The van der Waals surface area contributed by atoms with Crippen LogP contribution < -0.4 is 10.2 Å². The molecule has 2 heterocycles. The fourth-order valence-electron chi connectivity index (χ4n) is 2.38. The van der Waals surface area contributed by atoms with Crippen LogP contribution in [0.1, 0.15) is 10.4 Å². The highest BCUT2D eigenvalue weighted by atomic mass is 79.9. The van der Waals surface area contributed by atoms with Crippen molar-refractivity contribution in [2.75, 3.05) is 36.5 Å². The summed E-state index contributed by atoms with van der Waals surface area (Å²) in [6.07, 6.45) is 1.69. The Hall–Kier alpha value is -1.63. The Morgan fingerprint density at radius 1 is 1.30 bits per heavy atom. The summed E-state index contributed by atoms with van der Waals surface area (Å²) in [6.45, 7) is 2.71. The smallest absolute Gasteiger partial charge is 0.259 e. The third kappa shape index (κ3) is 3.83. The molecule has 120 valence electrons. The number of nitrogens with one attached hydrogen (secondary N) is 1. The van der Waals surface area contributed by atoms with Crippen molar-refractivity contribution in [3.63, 3.8) is 0 Å². The number of morpholine rings is 1. The molecule has 1 amide bonds. The molecule has 0 atom stereocenters. The van der Waals surface area contributed by atoms with Crippen LogP contribution in [0.2, 0.25) is 5.02 Å². The summed E-state index contributed by atoms with van der Waals surface area (Å²) >= 11 is 9.51. The van der Waals surface area contributed by atoms with Crippen molar-refractivity contribution in [1.29, 1.82) is 0 Å². The first kappa shape index (κ1) is 16.2. The molecule has 1 N–H and O–H groups in total. The van der Waals surface area contributed by atoms with E-state index >= 15 is 0 Å². The summed E-state index contributed by atoms with van der Waals surface area (Å²) in [5.74, 6) is 0.436. The Morgan fingerprint density at radius 3 is 2.83 bits per heavy atom. The number of anilines is 2. The minimum Gasteiger partial charge on any atom is -0.378 e. The highest BCUT2D eigenvalue weighted by Crippen LogP contribution is 2.27. The summed E-state index contributed by atoms with van der Waals surface area (Å²) in [5.41, 5.74) is 1.09. The molecule has 1 saturated heterocycles. The van der Waals surface area contributed by atoms with Crippen LogP contribution in [0.25, 0.3) is 0 Å². The Bertz CT molecular complexity index is 720. The fourth-order valence-corrected chi connectivity index (χ4v) is 3.10. The Kier molecular flexibility index (Phi) is 5.15. The zero-order valence-electron chi connectivity index (χ0n) is 12.3. The van der Waals surface area contributed by atoms with Gasteiger partial charge in [0.1, 0.15) is 5.82 Å². The molecule has 0 saturated carbocycles. The van der Waals surface area contributed by atoms with Crippen molar-refractivity contribution >= 4 is 44.9 Å². The lowest BCUT2D eigenvalue weighted by Crippen LogP contribution is -2.38. The van der Waals surface area contributed by atoms with Gasteiger partial charge in [0.05, 0.1) is 29.5 Å². The fraction of sp³-hybridized carbons (Fsp3) is 0.250. The maximum Gasteiger partial charge on any atom is 0.259 e. The second-order valence-corrected chi connectivity index (χ2v) is 6.38. The van der Waals surface area contributed by atoms with Gasteiger partial charge in [0.2, 0.25) is 0 Å². The molecule has 1 aromatic carbocycles. The van der Waals surface area contributed by atoms with Gasteiger partial charge in [-0.25, -0.2) is 4.98 Å². The third-order valence-electron chi connectivity index (χ3n) is 3.52. The van der Waals surface area contributed by atoms with E-state index in [4.69, 9.17) is 16.3 Å². The zero-order chi connectivity index (χ0) is 16.2. The van der Waals surface area contributed by atoms with Gasteiger partial charge in [0.15, 0.2) is 0 Å². The molecule has 2 aromatic rings. The number of hydrogen-bond donors (Lipinski definition) is 1. The quantitative estimate of drug-likeness (QED) is 0.861. The maximum atomic E-state index is 12.6. The first-order valence-corrected chi connectivity index (χ1v) is 8.36. The van der Waals surface area contributed by atoms with E-state index in [0.717, 1.165) is 17.6 Å². The second kappa shape index (κ2) is 7.29.